The summed E-state index contributed by atoms with van der Waals surface area (Å²) in [5, 5.41) is 5.13. The molecule has 13 heteroatoms. The van der Waals surface area contributed by atoms with Gasteiger partial charge in [-0.15, -0.1) is 5.10 Å². The van der Waals surface area contributed by atoms with Crippen molar-refractivity contribution in [1.82, 2.24) is 19.1 Å². The van der Waals surface area contributed by atoms with Crippen molar-refractivity contribution in [3.63, 3.8) is 0 Å². The van der Waals surface area contributed by atoms with Gasteiger partial charge in [0.2, 0.25) is 5.91 Å². The van der Waals surface area contributed by atoms with Crippen molar-refractivity contribution < 1.29 is 18.0 Å². The second kappa shape index (κ2) is 15.9. The highest BCUT2D eigenvalue weighted by atomic mass is 35.5. The lowest BCUT2D eigenvalue weighted by molar-refractivity contribution is -0.118. The zero-order valence-electron chi connectivity index (χ0n) is 27.9. The van der Waals surface area contributed by atoms with Gasteiger partial charge in [-0.2, -0.15) is 4.68 Å². The molecule has 50 heavy (non-hydrogen) atoms. The third-order valence-electron chi connectivity index (χ3n) is 8.20. The van der Waals surface area contributed by atoms with Crippen LogP contribution in [0.1, 0.15) is 61.3 Å². The Bertz CT molecular complexity index is 2200. The largest absolute Gasteiger partial charge is 0.351 e. The second-order valence-corrected chi connectivity index (χ2v) is 14.2. The highest BCUT2D eigenvalue weighted by Gasteiger charge is 2.24. The van der Waals surface area contributed by atoms with Crippen LogP contribution in [0.4, 0.5) is 5.69 Å². The molecule has 0 bridgehead atoms. The molecule has 0 aliphatic heterocycles. The Morgan fingerprint density at radius 1 is 0.880 bits per heavy atom. The first-order valence-corrected chi connectivity index (χ1v) is 18.4. The van der Waals surface area contributed by atoms with Crippen LogP contribution in [0.5, 0.6) is 0 Å². The topological polar surface area (TPSA) is 123 Å². The molecule has 0 spiro atoms. The van der Waals surface area contributed by atoms with E-state index in [1.807, 2.05) is 19.1 Å². The van der Waals surface area contributed by atoms with Crippen LogP contribution in [0.15, 0.2) is 101 Å². The van der Waals surface area contributed by atoms with Crippen LogP contribution >= 0.6 is 23.2 Å². The minimum Gasteiger partial charge on any atom is -0.315 e. The molecule has 0 unspecified atom stereocenters. The standard InChI is InChI=1S/C37H37Cl2N5O5S/c1-4-6-16-34-40-44(32-23-27(21-22-31(32)39)42(3)35(45)11-5-2)37(47)43(34)24-25-17-19-26(20-18-25)28-12-8-10-15-33(28)50(48,49)41-36(46)29-13-7-9-14-30(29)38/h7-10,12-15,17-23H,4-6,11,16,24H2,1-3H3,(H,41,46). The van der Waals surface area contributed by atoms with Gasteiger partial charge in [0.25, 0.3) is 15.9 Å². The van der Waals surface area contributed by atoms with Crippen molar-refractivity contribution in [2.75, 3.05) is 11.9 Å². The maximum Gasteiger partial charge on any atom is 0.351 e. The van der Waals surface area contributed by atoms with E-state index in [-0.39, 0.29) is 33.6 Å². The summed E-state index contributed by atoms with van der Waals surface area (Å²) < 4.78 is 31.8. The number of rotatable bonds is 13. The number of halogens is 2. The van der Waals surface area contributed by atoms with E-state index in [0.717, 1.165) is 18.4 Å². The van der Waals surface area contributed by atoms with E-state index in [1.54, 1.807) is 77.2 Å². The van der Waals surface area contributed by atoms with Gasteiger partial charge in [-0.1, -0.05) is 98.1 Å². The first kappa shape index (κ1) is 36.6. The van der Waals surface area contributed by atoms with Crippen molar-refractivity contribution >= 4 is 50.7 Å². The second-order valence-electron chi connectivity index (χ2n) is 11.7. The summed E-state index contributed by atoms with van der Waals surface area (Å²) in [6, 6.07) is 24.8. The number of hydrogen-bond donors (Lipinski definition) is 1. The molecule has 5 aromatic rings. The number of carbonyl (C=O) groups is 2. The normalized spacial score (nSPS) is 11.4. The molecule has 0 saturated heterocycles. The Kier molecular flexibility index (Phi) is 11.6. The van der Waals surface area contributed by atoms with Crippen LogP contribution in [0, 0.1) is 0 Å². The lowest BCUT2D eigenvalue weighted by Gasteiger charge is -2.18. The maximum absolute atomic E-state index is 13.9. The Morgan fingerprint density at radius 3 is 2.28 bits per heavy atom. The van der Waals surface area contributed by atoms with Crippen molar-refractivity contribution in [2.24, 2.45) is 0 Å². The number of nitrogens with one attached hydrogen (secondary N) is 1. The molecule has 0 radical (unpaired) electrons. The van der Waals surface area contributed by atoms with E-state index in [1.165, 1.54) is 22.9 Å². The quantitative estimate of drug-likeness (QED) is 0.136. The predicted molar refractivity (Wildman–Crippen MR) is 197 cm³/mol. The lowest BCUT2D eigenvalue weighted by Crippen LogP contribution is -2.31. The van der Waals surface area contributed by atoms with Crippen LogP contribution in [0.25, 0.3) is 16.8 Å². The molecule has 5 rings (SSSR count). The summed E-state index contributed by atoms with van der Waals surface area (Å²) in [6.07, 6.45) is 3.38. The van der Waals surface area contributed by atoms with Gasteiger partial charge < -0.3 is 4.90 Å². The summed E-state index contributed by atoms with van der Waals surface area (Å²) in [5.74, 6) is -0.299. The molecule has 0 atom stereocenters. The van der Waals surface area contributed by atoms with E-state index in [9.17, 15) is 22.8 Å². The Balaban J connectivity index is 1.44. The summed E-state index contributed by atoms with van der Waals surface area (Å²) >= 11 is 12.7. The van der Waals surface area contributed by atoms with E-state index in [0.29, 0.717) is 52.6 Å². The number of benzene rings is 4. The van der Waals surface area contributed by atoms with Gasteiger partial charge in [0, 0.05) is 31.1 Å². The fraction of sp³-hybridized carbons (Fsp3) is 0.243. The summed E-state index contributed by atoms with van der Waals surface area (Å²) in [6.45, 7) is 4.20. The Morgan fingerprint density at radius 2 is 1.58 bits per heavy atom. The molecular weight excluding hydrogens is 697 g/mol. The molecule has 0 aliphatic rings. The molecule has 260 valence electrons. The molecule has 1 aromatic heterocycles. The molecule has 1 heterocycles. The van der Waals surface area contributed by atoms with Crippen LogP contribution in [0.3, 0.4) is 0 Å². The molecule has 0 aliphatic carbocycles. The van der Waals surface area contributed by atoms with Crippen LogP contribution < -0.4 is 15.3 Å². The lowest BCUT2D eigenvalue weighted by atomic mass is 10.0. The number of hydrogen-bond acceptors (Lipinski definition) is 6. The molecule has 1 N–H and O–H groups in total. The van der Waals surface area contributed by atoms with E-state index in [2.05, 4.69) is 16.7 Å². The molecule has 0 fully saturated rings. The zero-order chi connectivity index (χ0) is 36.0. The third-order valence-corrected chi connectivity index (χ3v) is 10.2. The monoisotopic (exact) mass is 733 g/mol. The fourth-order valence-electron chi connectivity index (χ4n) is 5.46. The summed E-state index contributed by atoms with van der Waals surface area (Å²) in [4.78, 5) is 40.7. The van der Waals surface area contributed by atoms with Gasteiger partial charge in [0.15, 0.2) is 0 Å². The number of nitrogens with zero attached hydrogens (tertiary/aromatic N) is 4. The maximum atomic E-state index is 13.9. The number of anilines is 1. The van der Waals surface area contributed by atoms with Gasteiger partial charge in [-0.3, -0.25) is 14.2 Å². The Labute approximate surface area is 301 Å². The minimum absolute atomic E-state index is 0.0424. The average molecular weight is 735 g/mol. The number of amides is 2. The fourth-order valence-corrected chi connectivity index (χ4v) is 7.08. The van der Waals surface area contributed by atoms with E-state index in [4.69, 9.17) is 23.2 Å². The van der Waals surface area contributed by atoms with Crippen molar-refractivity contribution in [3.8, 4) is 16.8 Å². The first-order valence-electron chi connectivity index (χ1n) is 16.2. The highest BCUT2D eigenvalue weighted by molar-refractivity contribution is 7.90. The number of unbranched alkanes of at least 4 members (excludes halogenated alkanes) is 1. The molecular formula is C37H37Cl2N5O5S. The third kappa shape index (κ3) is 8.01. The van der Waals surface area contributed by atoms with Gasteiger partial charge in [-0.25, -0.2) is 17.9 Å². The molecule has 2 amide bonds. The van der Waals surface area contributed by atoms with Crippen LogP contribution in [0.2, 0.25) is 10.0 Å². The number of sulfonamides is 1. The average Bonchev–Trinajstić information content (AvgIpc) is 3.41. The van der Waals surface area contributed by atoms with E-state index < -0.39 is 15.9 Å². The molecule has 4 aromatic carbocycles. The van der Waals surface area contributed by atoms with Gasteiger partial charge in [0.1, 0.15) is 5.82 Å². The smallest absolute Gasteiger partial charge is 0.315 e. The molecule has 10 nitrogen and oxygen atoms in total. The van der Waals surface area contributed by atoms with Gasteiger partial charge in [0.05, 0.1) is 32.7 Å². The van der Waals surface area contributed by atoms with Crippen molar-refractivity contribution in [1.29, 1.82) is 0 Å². The van der Waals surface area contributed by atoms with E-state index >= 15 is 0 Å². The SMILES string of the molecule is CCCCc1nn(-c2cc(N(C)C(=O)CCC)ccc2Cl)c(=O)n1Cc1ccc(-c2ccccc2S(=O)(=O)NC(=O)c2ccccc2Cl)cc1. The predicted octanol–water partition coefficient (Wildman–Crippen LogP) is 7.28. The van der Waals surface area contributed by atoms with Crippen molar-refractivity contribution in [2.45, 2.75) is 57.4 Å². The van der Waals surface area contributed by atoms with Crippen LogP contribution in [-0.4, -0.2) is 41.6 Å². The Hall–Kier alpha value is -4.71. The zero-order valence-corrected chi connectivity index (χ0v) is 30.2. The van der Waals surface area contributed by atoms with Gasteiger partial charge >= 0.3 is 5.69 Å². The number of carbonyl (C=O) groups excluding carboxylic acids is 2. The summed E-state index contributed by atoms with van der Waals surface area (Å²) in [5.41, 5.74) is 2.40. The number of aromatic nitrogens is 3. The highest BCUT2D eigenvalue weighted by Crippen LogP contribution is 2.29. The van der Waals surface area contributed by atoms with Gasteiger partial charge in [-0.05, 0) is 60.4 Å². The number of aryl methyl sites for hydroxylation is 1. The minimum atomic E-state index is -4.27. The van der Waals surface area contributed by atoms with Crippen LogP contribution in [-0.2, 0) is 27.8 Å². The molecule has 0 saturated carbocycles. The van der Waals surface area contributed by atoms with Crippen molar-refractivity contribution in [3.05, 3.63) is 128 Å². The first-order chi connectivity index (χ1) is 23.9. The summed E-state index contributed by atoms with van der Waals surface area (Å²) in [7, 11) is -2.58.